The maximum atomic E-state index is 5.98. The second kappa shape index (κ2) is 7.79. The van der Waals surface area contributed by atoms with Gasteiger partial charge in [-0.15, -0.1) is 0 Å². The molecule has 0 saturated heterocycles. The maximum Gasteiger partial charge on any atom is 0.0417 e. The van der Waals surface area contributed by atoms with Crippen LogP contribution < -0.4 is 5.73 Å². The molecular weight excluding hydrogens is 336 g/mol. The van der Waals surface area contributed by atoms with E-state index in [2.05, 4.69) is 51.2 Å². The third kappa shape index (κ3) is 4.60. The van der Waals surface area contributed by atoms with Crippen LogP contribution in [0.2, 0.25) is 5.02 Å². The molecule has 0 aliphatic rings. The van der Waals surface area contributed by atoms with E-state index in [1.165, 1.54) is 11.1 Å². The first kappa shape index (κ1) is 15.5. The van der Waals surface area contributed by atoms with Crippen LogP contribution in [0, 0.1) is 0 Å². The molecule has 2 N–H and O–H groups in total. The molecule has 0 heterocycles. The lowest BCUT2D eigenvalue weighted by Crippen LogP contribution is -2.28. The summed E-state index contributed by atoms with van der Waals surface area (Å²) >= 11 is 9.55. The first-order valence-corrected chi connectivity index (χ1v) is 7.76. The minimum absolute atomic E-state index is 0.651. The quantitative estimate of drug-likeness (QED) is 0.848. The van der Waals surface area contributed by atoms with Crippen LogP contribution in [-0.4, -0.2) is 18.0 Å². The highest BCUT2D eigenvalue weighted by Crippen LogP contribution is 2.23. The molecule has 0 atom stereocenters. The molecule has 0 aromatic heterocycles. The minimum Gasteiger partial charge on any atom is -0.329 e. The number of rotatable bonds is 6. The summed E-state index contributed by atoms with van der Waals surface area (Å²) in [5, 5.41) is 0.744. The fraction of sp³-hybridized carbons (Fsp3) is 0.250. The van der Waals surface area contributed by atoms with Crippen LogP contribution in [0.25, 0.3) is 0 Å². The summed E-state index contributed by atoms with van der Waals surface area (Å²) < 4.78 is 1.04. The monoisotopic (exact) mass is 352 g/mol. The molecule has 2 rings (SSSR count). The normalized spacial score (nSPS) is 11.0. The van der Waals surface area contributed by atoms with E-state index in [1.54, 1.807) is 0 Å². The van der Waals surface area contributed by atoms with E-state index in [9.17, 15) is 0 Å². The second-order valence-corrected chi connectivity index (χ2v) is 6.01. The topological polar surface area (TPSA) is 29.3 Å². The highest BCUT2D eigenvalue weighted by Gasteiger charge is 2.09. The third-order valence-electron chi connectivity index (χ3n) is 3.10. The van der Waals surface area contributed by atoms with E-state index in [1.807, 2.05) is 18.2 Å². The van der Waals surface area contributed by atoms with Crippen molar-refractivity contribution in [3.05, 3.63) is 69.2 Å². The Morgan fingerprint density at radius 1 is 1.05 bits per heavy atom. The standard InChI is InChI=1S/C16H18BrClN2/c17-16-10-15(18)7-6-14(16)12-20(9-8-19)11-13-4-2-1-3-5-13/h1-7,10H,8-9,11-12,19H2. The Morgan fingerprint density at radius 2 is 1.80 bits per heavy atom. The lowest BCUT2D eigenvalue weighted by atomic mass is 10.1. The van der Waals surface area contributed by atoms with Crippen molar-refractivity contribution in [1.29, 1.82) is 0 Å². The van der Waals surface area contributed by atoms with Crippen LogP contribution in [0.1, 0.15) is 11.1 Å². The summed E-state index contributed by atoms with van der Waals surface area (Å²) in [6.45, 7) is 3.26. The van der Waals surface area contributed by atoms with E-state index < -0.39 is 0 Å². The van der Waals surface area contributed by atoms with Crippen LogP contribution in [0.4, 0.5) is 0 Å². The van der Waals surface area contributed by atoms with E-state index >= 15 is 0 Å². The molecule has 2 aromatic rings. The van der Waals surface area contributed by atoms with Crippen molar-refractivity contribution in [2.24, 2.45) is 5.73 Å². The fourth-order valence-corrected chi connectivity index (χ4v) is 2.94. The van der Waals surface area contributed by atoms with Crippen molar-refractivity contribution in [2.75, 3.05) is 13.1 Å². The number of nitrogens with two attached hydrogens (primary N) is 1. The molecule has 2 nitrogen and oxygen atoms in total. The Morgan fingerprint density at radius 3 is 2.45 bits per heavy atom. The molecule has 0 spiro atoms. The predicted octanol–water partition coefficient (Wildman–Crippen LogP) is 4.06. The van der Waals surface area contributed by atoms with Gasteiger partial charge in [-0.2, -0.15) is 0 Å². The van der Waals surface area contributed by atoms with Gasteiger partial charge >= 0.3 is 0 Å². The van der Waals surface area contributed by atoms with Crippen molar-refractivity contribution in [3.8, 4) is 0 Å². The molecular formula is C16H18BrClN2. The Balaban J connectivity index is 2.09. The first-order valence-electron chi connectivity index (χ1n) is 6.59. The summed E-state index contributed by atoms with van der Waals surface area (Å²) in [5.74, 6) is 0. The Hall–Kier alpha value is -0.870. The van der Waals surface area contributed by atoms with Gasteiger partial charge in [-0.3, -0.25) is 4.90 Å². The lowest BCUT2D eigenvalue weighted by molar-refractivity contribution is 0.264. The Kier molecular flexibility index (Phi) is 6.05. The predicted molar refractivity (Wildman–Crippen MR) is 88.8 cm³/mol. The van der Waals surface area contributed by atoms with Gasteiger partial charge in [-0.1, -0.05) is 63.9 Å². The first-order chi connectivity index (χ1) is 9.69. The van der Waals surface area contributed by atoms with Gasteiger partial charge in [-0.25, -0.2) is 0 Å². The lowest BCUT2D eigenvalue weighted by Gasteiger charge is -2.22. The number of nitrogens with zero attached hydrogens (tertiary/aromatic N) is 1. The van der Waals surface area contributed by atoms with Gasteiger partial charge in [0.2, 0.25) is 0 Å². The van der Waals surface area contributed by atoms with E-state index in [-0.39, 0.29) is 0 Å². The molecule has 20 heavy (non-hydrogen) atoms. The smallest absolute Gasteiger partial charge is 0.0417 e. The van der Waals surface area contributed by atoms with E-state index in [4.69, 9.17) is 17.3 Å². The zero-order valence-corrected chi connectivity index (χ0v) is 13.6. The van der Waals surface area contributed by atoms with Crippen molar-refractivity contribution < 1.29 is 0 Å². The summed E-state index contributed by atoms with van der Waals surface area (Å²) in [7, 11) is 0. The molecule has 0 amide bonds. The number of benzene rings is 2. The van der Waals surface area contributed by atoms with Crippen molar-refractivity contribution >= 4 is 27.5 Å². The molecule has 106 valence electrons. The summed E-state index contributed by atoms with van der Waals surface area (Å²) in [6, 6.07) is 16.3. The van der Waals surface area contributed by atoms with Crippen LogP contribution in [0.3, 0.4) is 0 Å². The van der Waals surface area contributed by atoms with Gasteiger partial charge in [0, 0.05) is 35.7 Å². The van der Waals surface area contributed by atoms with Gasteiger partial charge in [-0.05, 0) is 23.3 Å². The fourth-order valence-electron chi connectivity index (χ4n) is 2.13. The molecule has 0 aliphatic heterocycles. The molecule has 0 bridgehead atoms. The van der Waals surface area contributed by atoms with E-state index in [0.717, 1.165) is 29.1 Å². The zero-order valence-electron chi connectivity index (χ0n) is 11.2. The molecule has 0 radical (unpaired) electrons. The van der Waals surface area contributed by atoms with Gasteiger partial charge < -0.3 is 5.73 Å². The average Bonchev–Trinajstić information content (AvgIpc) is 2.43. The van der Waals surface area contributed by atoms with Gasteiger partial charge in [0.25, 0.3) is 0 Å². The molecule has 0 saturated carbocycles. The SMILES string of the molecule is NCCN(Cc1ccccc1)Cc1ccc(Cl)cc1Br. The maximum absolute atomic E-state index is 5.98. The Labute approximate surface area is 133 Å². The van der Waals surface area contributed by atoms with Crippen molar-refractivity contribution in [3.63, 3.8) is 0 Å². The van der Waals surface area contributed by atoms with Crippen molar-refractivity contribution in [1.82, 2.24) is 4.90 Å². The number of hydrogen-bond acceptors (Lipinski definition) is 2. The highest BCUT2D eigenvalue weighted by molar-refractivity contribution is 9.10. The largest absolute Gasteiger partial charge is 0.329 e. The minimum atomic E-state index is 0.651. The van der Waals surface area contributed by atoms with Gasteiger partial charge in [0.15, 0.2) is 0 Å². The Bertz CT molecular complexity index is 545. The molecule has 2 aromatic carbocycles. The molecule has 0 unspecified atom stereocenters. The summed E-state index contributed by atoms with van der Waals surface area (Å²) in [5.41, 5.74) is 8.24. The average molecular weight is 354 g/mol. The van der Waals surface area contributed by atoms with Crippen molar-refractivity contribution in [2.45, 2.75) is 13.1 Å². The van der Waals surface area contributed by atoms with Crippen LogP contribution >= 0.6 is 27.5 Å². The summed E-state index contributed by atoms with van der Waals surface area (Å²) in [6.07, 6.45) is 0. The molecule has 0 fully saturated rings. The van der Waals surface area contributed by atoms with Gasteiger partial charge in [0.05, 0.1) is 0 Å². The molecule has 0 aliphatic carbocycles. The summed E-state index contributed by atoms with van der Waals surface area (Å²) in [4.78, 5) is 2.34. The van der Waals surface area contributed by atoms with Crippen LogP contribution in [0.5, 0.6) is 0 Å². The number of hydrogen-bond donors (Lipinski definition) is 1. The van der Waals surface area contributed by atoms with Crippen LogP contribution in [-0.2, 0) is 13.1 Å². The van der Waals surface area contributed by atoms with E-state index in [0.29, 0.717) is 6.54 Å². The second-order valence-electron chi connectivity index (χ2n) is 4.72. The van der Waals surface area contributed by atoms with Crippen LogP contribution in [0.15, 0.2) is 53.0 Å². The van der Waals surface area contributed by atoms with Gasteiger partial charge in [0.1, 0.15) is 0 Å². The zero-order chi connectivity index (χ0) is 14.4. The highest BCUT2D eigenvalue weighted by atomic mass is 79.9. The third-order valence-corrected chi connectivity index (χ3v) is 4.08. The number of halogens is 2. The molecule has 4 heteroatoms.